The second-order valence-corrected chi connectivity index (χ2v) is 7.72. The maximum absolute atomic E-state index is 13.3. The smallest absolute Gasteiger partial charge is 0.225 e. The highest BCUT2D eigenvalue weighted by Gasteiger charge is 2.28. The molecule has 0 aromatic carbocycles. The van der Waals surface area contributed by atoms with Crippen LogP contribution in [0.3, 0.4) is 0 Å². The third-order valence-electron chi connectivity index (χ3n) is 5.87. The summed E-state index contributed by atoms with van der Waals surface area (Å²) >= 11 is 0. The van der Waals surface area contributed by atoms with Crippen molar-refractivity contribution >= 4 is 11.7 Å². The van der Waals surface area contributed by atoms with Gasteiger partial charge in [-0.3, -0.25) is 9.69 Å². The number of amides is 1. The van der Waals surface area contributed by atoms with Gasteiger partial charge in [0, 0.05) is 70.2 Å². The van der Waals surface area contributed by atoms with Crippen molar-refractivity contribution in [1.29, 1.82) is 0 Å². The zero-order valence-electron chi connectivity index (χ0n) is 16.7. The standard InChI is InChI=1S/C20H26FN7O/c1-26(20(29)15-2-3-17-16(10-15)12-22-13-23-17)4-5-27-6-8-28(9-7-27)19-11-18(21)24-14-25-19/h11-15H,2-10H2,1H3. The number of fused-ring (bicyclic) bond motifs is 1. The SMILES string of the molecule is CN(CCN1CCN(c2cc(F)ncn2)CC1)C(=O)C1CCc2ncncc2C1. The predicted octanol–water partition coefficient (Wildman–Crippen LogP) is 0.791. The molecule has 154 valence electrons. The topological polar surface area (TPSA) is 78.4 Å². The van der Waals surface area contributed by atoms with Gasteiger partial charge in [-0.25, -0.2) is 19.9 Å². The molecule has 0 bridgehead atoms. The molecule has 1 atom stereocenters. The minimum absolute atomic E-state index is 0.0167. The molecule has 1 amide bonds. The first-order valence-electron chi connectivity index (χ1n) is 10.1. The molecule has 1 aliphatic heterocycles. The van der Waals surface area contributed by atoms with Gasteiger partial charge in [0.15, 0.2) is 0 Å². The Kier molecular flexibility index (Phi) is 5.94. The summed E-state index contributed by atoms with van der Waals surface area (Å²) in [7, 11) is 1.89. The summed E-state index contributed by atoms with van der Waals surface area (Å²) in [6.45, 7) is 4.83. The van der Waals surface area contributed by atoms with E-state index in [0.29, 0.717) is 12.4 Å². The molecule has 0 spiro atoms. The van der Waals surface area contributed by atoms with E-state index >= 15 is 0 Å². The number of carbonyl (C=O) groups excluding carboxylic acids is 1. The summed E-state index contributed by atoms with van der Waals surface area (Å²) in [4.78, 5) is 35.2. The van der Waals surface area contributed by atoms with Crippen LogP contribution in [0, 0.1) is 11.9 Å². The van der Waals surface area contributed by atoms with Gasteiger partial charge in [-0.05, 0) is 24.8 Å². The minimum Gasteiger partial charge on any atom is -0.354 e. The highest BCUT2D eigenvalue weighted by molar-refractivity contribution is 5.79. The van der Waals surface area contributed by atoms with Crippen LogP contribution in [0.5, 0.6) is 0 Å². The quantitative estimate of drug-likeness (QED) is 0.688. The van der Waals surface area contributed by atoms with E-state index in [-0.39, 0.29) is 11.8 Å². The number of carbonyl (C=O) groups is 1. The molecule has 8 nitrogen and oxygen atoms in total. The molecule has 0 radical (unpaired) electrons. The second-order valence-electron chi connectivity index (χ2n) is 7.72. The predicted molar refractivity (Wildman–Crippen MR) is 106 cm³/mol. The fourth-order valence-corrected chi connectivity index (χ4v) is 4.08. The summed E-state index contributed by atoms with van der Waals surface area (Å²) in [5, 5.41) is 0. The van der Waals surface area contributed by atoms with Crippen LogP contribution < -0.4 is 4.90 Å². The Bertz CT molecular complexity index is 856. The Morgan fingerprint density at radius 2 is 2.03 bits per heavy atom. The van der Waals surface area contributed by atoms with Crippen LogP contribution in [-0.2, 0) is 17.6 Å². The van der Waals surface area contributed by atoms with Gasteiger partial charge < -0.3 is 9.80 Å². The molecule has 0 N–H and O–H groups in total. The summed E-state index contributed by atoms with van der Waals surface area (Å²) in [5.74, 6) is 0.345. The van der Waals surface area contributed by atoms with Gasteiger partial charge in [0.25, 0.3) is 0 Å². The van der Waals surface area contributed by atoms with E-state index in [1.807, 2.05) is 18.1 Å². The van der Waals surface area contributed by atoms with E-state index in [4.69, 9.17) is 0 Å². The van der Waals surface area contributed by atoms with Crippen LogP contribution in [0.4, 0.5) is 10.2 Å². The van der Waals surface area contributed by atoms with Gasteiger partial charge in [-0.2, -0.15) is 4.39 Å². The van der Waals surface area contributed by atoms with Gasteiger partial charge >= 0.3 is 0 Å². The first-order valence-corrected chi connectivity index (χ1v) is 10.1. The van der Waals surface area contributed by atoms with E-state index in [1.165, 1.54) is 12.4 Å². The molecular formula is C20H26FN7O. The average Bonchev–Trinajstić information content (AvgIpc) is 2.77. The van der Waals surface area contributed by atoms with Gasteiger partial charge in [0.05, 0.1) is 0 Å². The van der Waals surface area contributed by atoms with Crippen molar-refractivity contribution in [2.24, 2.45) is 5.92 Å². The molecule has 2 aromatic heterocycles. The molecule has 2 aromatic rings. The molecule has 1 unspecified atom stereocenters. The molecular weight excluding hydrogens is 373 g/mol. The summed E-state index contributed by atoms with van der Waals surface area (Å²) in [6.07, 6.45) is 7.09. The Balaban J connectivity index is 1.23. The Labute approximate surface area is 169 Å². The van der Waals surface area contributed by atoms with Crippen LogP contribution in [0.25, 0.3) is 0 Å². The Hall–Kier alpha value is -2.68. The van der Waals surface area contributed by atoms with Crippen molar-refractivity contribution in [2.45, 2.75) is 19.3 Å². The zero-order valence-corrected chi connectivity index (χ0v) is 16.7. The molecule has 1 aliphatic carbocycles. The van der Waals surface area contributed by atoms with Crippen LogP contribution in [0.15, 0.2) is 24.9 Å². The van der Waals surface area contributed by atoms with E-state index < -0.39 is 5.95 Å². The monoisotopic (exact) mass is 399 g/mol. The van der Waals surface area contributed by atoms with Crippen molar-refractivity contribution in [2.75, 3.05) is 51.2 Å². The highest BCUT2D eigenvalue weighted by atomic mass is 19.1. The number of hydrogen-bond donors (Lipinski definition) is 0. The Morgan fingerprint density at radius 1 is 1.21 bits per heavy atom. The van der Waals surface area contributed by atoms with Gasteiger partial charge in [-0.15, -0.1) is 0 Å². The summed E-state index contributed by atoms with van der Waals surface area (Å²) < 4.78 is 13.3. The third kappa shape index (κ3) is 4.67. The molecule has 2 aliphatic rings. The number of hydrogen-bond acceptors (Lipinski definition) is 7. The van der Waals surface area contributed by atoms with Crippen LogP contribution in [0.2, 0.25) is 0 Å². The van der Waals surface area contributed by atoms with E-state index in [0.717, 1.165) is 63.2 Å². The number of aromatic nitrogens is 4. The van der Waals surface area contributed by atoms with E-state index in [9.17, 15) is 9.18 Å². The molecule has 0 saturated carbocycles. The maximum atomic E-state index is 13.3. The lowest BCUT2D eigenvalue weighted by Gasteiger charge is -2.36. The summed E-state index contributed by atoms with van der Waals surface area (Å²) in [6, 6.07) is 1.37. The molecule has 3 heterocycles. The number of rotatable bonds is 5. The number of likely N-dealkylation sites (N-methyl/N-ethyl adjacent to an activating group) is 1. The molecule has 1 fully saturated rings. The van der Waals surface area contributed by atoms with Crippen molar-refractivity contribution in [1.82, 2.24) is 29.7 Å². The van der Waals surface area contributed by atoms with Crippen molar-refractivity contribution < 1.29 is 9.18 Å². The van der Waals surface area contributed by atoms with Gasteiger partial charge in [0.1, 0.15) is 18.5 Å². The number of piperazine rings is 1. The van der Waals surface area contributed by atoms with Crippen LogP contribution in [-0.4, -0.2) is 82.0 Å². The molecule has 4 rings (SSSR count). The Morgan fingerprint density at radius 3 is 2.83 bits per heavy atom. The van der Waals surface area contributed by atoms with Crippen LogP contribution >= 0.6 is 0 Å². The van der Waals surface area contributed by atoms with Gasteiger partial charge in [0.2, 0.25) is 11.9 Å². The van der Waals surface area contributed by atoms with Gasteiger partial charge in [-0.1, -0.05) is 0 Å². The maximum Gasteiger partial charge on any atom is 0.225 e. The van der Waals surface area contributed by atoms with Crippen molar-refractivity contribution in [3.05, 3.63) is 42.1 Å². The number of nitrogens with zero attached hydrogens (tertiary/aromatic N) is 7. The fourth-order valence-electron chi connectivity index (χ4n) is 4.08. The van der Waals surface area contributed by atoms with E-state index in [2.05, 4.69) is 29.7 Å². The fraction of sp³-hybridized carbons (Fsp3) is 0.550. The van der Waals surface area contributed by atoms with Crippen molar-refractivity contribution in [3.8, 4) is 0 Å². The summed E-state index contributed by atoms with van der Waals surface area (Å²) in [5.41, 5.74) is 2.18. The normalized spacial score (nSPS) is 19.7. The van der Waals surface area contributed by atoms with Crippen molar-refractivity contribution in [3.63, 3.8) is 0 Å². The minimum atomic E-state index is -0.505. The van der Waals surface area contributed by atoms with Crippen LogP contribution in [0.1, 0.15) is 17.7 Å². The number of aryl methyl sites for hydroxylation is 1. The lowest BCUT2D eigenvalue weighted by molar-refractivity contribution is -0.134. The van der Waals surface area contributed by atoms with E-state index in [1.54, 1.807) is 6.33 Å². The lowest BCUT2D eigenvalue weighted by atomic mass is 9.86. The highest BCUT2D eigenvalue weighted by Crippen LogP contribution is 2.24. The largest absolute Gasteiger partial charge is 0.354 e. The third-order valence-corrected chi connectivity index (χ3v) is 5.87. The first kappa shape index (κ1) is 19.6. The lowest BCUT2D eigenvalue weighted by Crippen LogP contribution is -2.49. The molecule has 1 saturated heterocycles. The first-order chi connectivity index (χ1) is 14.1. The number of halogens is 1. The second kappa shape index (κ2) is 8.77. The number of anilines is 1. The molecule has 9 heteroatoms. The average molecular weight is 399 g/mol. The zero-order chi connectivity index (χ0) is 20.2. The molecule has 29 heavy (non-hydrogen) atoms.